The fourth-order valence-electron chi connectivity index (χ4n) is 4.40. The van der Waals surface area contributed by atoms with E-state index < -0.39 is 18.1 Å². The zero-order chi connectivity index (χ0) is 23.4. The maximum absolute atomic E-state index is 12.8. The number of carbonyl (C=O) groups is 2. The van der Waals surface area contributed by atoms with Gasteiger partial charge in [-0.05, 0) is 52.8 Å². The van der Waals surface area contributed by atoms with Gasteiger partial charge < -0.3 is 14.6 Å². The number of aliphatic carboxylic acids is 1. The van der Waals surface area contributed by atoms with Crippen LogP contribution in [-0.2, 0) is 16.0 Å². The van der Waals surface area contributed by atoms with Crippen LogP contribution in [0.2, 0.25) is 0 Å². The first kappa shape index (κ1) is 22.4. The molecule has 3 aromatic carbocycles. The van der Waals surface area contributed by atoms with Crippen molar-refractivity contribution in [1.82, 2.24) is 4.90 Å². The van der Waals surface area contributed by atoms with Crippen molar-refractivity contribution in [3.63, 3.8) is 0 Å². The van der Waals surface area contributed by atoms with Gasteiger partial charge in [0.15, 0.2) is 0 Å². The zero-order valence-electron chi connectivity index (χ0n) is 18.7. The summed E-state index contributed by atoms with van der Waals surface area (Å²) in [7, 11) is 3.07. The van der Waals surface area contributed by atoms with Gasteiger partial charge in [-0.2, -0.15) is 0 Å². The van der Waals surface area contributed by atoms with E-state index in [1.54, 1.807) is 7.11 Å². The van der Waals surface area contributed by atoms with Crippen molar-refractivity contribution < 1.29 is 24.2 Å². The summed E-state index contributed by atoms with van der Waals surface area (Å²) < 4.78 is 10.8. The quantitative estimate of drug-likeness (QED) is 0.530. The first-order chi connectivity index (χ1) is 16.0. The summed E-state index contributed by atoms with van der Waals surface area (Å²) in [6, 6.07) is 22.7. The van der Waals surface area contributed by atoms with Crippen molar-refractivity contribution in [3.05, 3.63) is 89.5 Å². The summed E-state index contributed by atoms with van der Waals surface area (Å²) in [4.78, 5) is 25.9. The molecule has 33 heavy (non-hydrogen) atoms. The van der Waals surface area contributed by atoms with E-state index in [2.05, 4.69) is 12.1 Å². The summed E-state index contributed by atoms with van der Waals surface area (Å²) in [5.74, 6) is -0.388. The van der Waals surface area contributed by atoms with E-state index in [4.69, 9.17) is 9.47 Å². The van der Waals surface area contributed by atoms with Gasteiger partial charge in [-0.3, -0.25) is 4.90 Å². The van der Waals surface area contributed by atoms with Gasteiger partial charge in [0.2, 0.25) is 0 Å². The van der Waals surface area contributed by atoms with Crippen LogP contribution in [0.5, 0.6) is 5.75 Å². The lowest BCUT2D eigenvalue weighted by Crippen LogP contribution is -2.43. The standard InChI is InChI=1S/C27H27NO5/c1-28(25(26(29)30)16-13-18-11-14-19(32-2)15-12-18)27(31)33-17-24-22-9-5-3-7-20(22)21-8-4-6-10-23(21)24/h3-12,14-15,24-25H,13,16-17H2,1-2H3,(H,29,30). The van der Waals surface area contributed by atoms with E-state index >= 15 is 0 Å². The topological polar surface area (TPSA) is 76.1 Å². The van der Waals surface area contributed by atoms with Gasteiger partial charge in [0.25, 0.3) is 0 Å². The summed E-state index contributed by atoms with van der Waals surface area (Å²) >= 11 is 0. The smallest absolute Gasteiger partial charge is 0.410 e. The molecule has 0 saturated heterocycles. The zero-order valence-corrected chi connectivity index (χ0v) is 18.7. The number of benzene rings is 3. The Morgan fingerprint density at radius 3 is 2.06 bits per heavy atom. The third-order valence-electron chi connectivity index (χ3n) is 6.24. The van der Waals surface area contributed by atoms with Crippen molar-refractivity contribution in [3.8, 4) is 16.9 Å². The minimum absolute atomic E-state index is 0.0719. The predicted molar refractivity (Wildman–Crippen MR) is 126 cm³/mol. The molecule has 0 aromatic heterocycles. The lowest BCUT2D eigenvalue weighted by Gasteiger charge is -2.25. The molecule has 0 radical (unpaired) electrons. The maximum Gasteiger partial charge on any atom is 0.410 e. The Bertz CT molecular complexity index is 1100. The second-order valence-corrected chi connectivity index (χ2v) is 8.16. The molecular formula is C27H27NO5. The first-order valence-corrected chi connectivity index (χ1v) is 10.9. The lowest BCUT2D eigenvalue weighted by molar-refractivity contribution is -0.142. The van der Waals surface area contributed by atoms with E-state index in [0.29, 0.717) is 6.42 Å². The molecular weight excluding hydrogens is 418 g/mol. The number of rotatable bonds is 8. The van der Waals surface area contributed by atoms with Crippen LogP contribution in [0.3, 0.4) is 0 Å². The van der Waals surface area contributed by atoms with E-state index in [1.807, 2.05) is 60.7 Å². The number of fused-ring (bicyclic) bond motifs is 3. The average molecular weight is 446 g/mol. The third-order valence-corrected chi connectivity index (χ3v) is 6.24. The Balaban J connectivity index is 1.41. The SMILES string of the molecule is COc1ccc(CCC(C(=O)O)N(C)C(=O)OCC2c3ccccc3-c3ccccc32)cc1. The molecule has 0 spiro atoms. The highest BCUT2D eigenvalue weighted by atomic mass is 16.6. The van der Waals surface area contributed by atoms with Gasteiger partial charge in [-0.15, -0.1) is 0 Å². The van der Waals surface area contributed by atoms with Gasteiger partial charge in [0.05, 0.1) is 7.11 Å². The van der Waals surface area contributed by atoms with Crippen molar-refractivity contribution in [2.24, 2.45) is 0 Å². The van der Waals surface area contributed by atoms with Crippen LogP contribution in [0.1, 0.15) is 29.0 Å². The molecule has 6 heteroatoms. The second-order valence-electron chi connectivity index (χ2n) is 8.16. The molecule has 1 N–H and O–H groups in total. The van der Waals surface area contributed by atoms with Crippen LogP contribution < -0.4 is 4.74 Å². The molecule has 0 aliphatic heterocycles. The number of likely N-dealkylation sites (N-methyl/N-ethyl adjacent to an activating group) is 1. The fourth-order valence-corrected chi connectivity index (χ4v) is 4.40. The van der Waals surface area contributed by atoms with Crippen LogP contribution in [0.25, 0.3) is 11.1 Å². The van der Waals surface area contributed by atoms with Gasteiger partial charge in [0, 0.05) is 13.0 Å². The van der Waals surface area contributed by atoms with Gasteiger partial charge in [-0.25, -0.2) is 9.59 Å². The van der Waals surface area contributed by atoms with Crippen LogP contribution in [0.4, 0.5) is 4.79 Å². The Morgan fingerprint density at radius 1 is 0.939 bits per heavy atom. The highest BCUT2D eigenvalue weighted by molar-refractivity contribution is 5.81. The van der Waals surface area contributed by atoms with E-state index in [-0.39, 0.29) is 18.9 Å². The van der Waals surface area contributed by atoms with E-state index in [0.717, 1.165) is 33.6 Å². The number of nitrogens with zero attached hydrogens (tertiary/aromatic N) is 1. The molecule has 0 heterocycles. The molecule has 6 nitrogen and oxygen atoms in total. The third kappa shape index (κ3) is 4.70. The molecule has 0 saturated carbocycles. The first-order valence-electron chi connectivity index (χ1n) is 10.9. The van der Waals surface area contributed by atoms with E-state index in [1.165, 1.54) is 11.9 Å². The number of methoxy groups -OCH3 is 1. The predicted octanol–water partition coefficient (Wildman–Crippen LogP) is 4.96. The number of carboxylic acid groups (broad SMARTS) is 1. The highest BCUT2D eigenvalue weighted by Gasteiger charge is 2.31. The summed E-state index contributed by atoms with van der Waals surface area (Å²) in [6.07, 6.45) is 0.156. The Labute approximate surface area is 193 Å². The number of carboxylic acids is 1. The molecule has 0 bridgehead atoms. The van der Waals surface area contributed by atoms with Gasteiger partial charge >= 0.3 is 12.1 Å². The summed E-state index contributed by atoms with van der Waals surface area (Å²) in [5, 5.41) is 9.72. The Kier molecular flexibility index (Phi) is 6.63. The van der Waals surface area contributed by atoms with Crippen molar-refractivity contribution in [1.29, 1.82) is 0 Å². The summed E-state index contributed by atoms with van der Waals surface area (Å²) in [6.45, 7) is 0.155. The second kappa shape index (κ2) is 9.77. The van der Waals surface area contributed by atoms with Crippen molar-refractivity contribution >= 4 is 12.1 Å². The maximum atomic E-state index is 12.8. The number of hydrogen-bond acceptors (Lipinski definition) is 4. The van der Waals surface area contributed by atoms with Crippen molar-refractivity contribution in [2.45, 2.75) is 24.8 Å². The van der Waals surface area contributed by atoms with Crippen molar-refractivity contribution in [2.75, 3.05) is 20.8 Å². The number of hydrogen-bond donors (Lipinski definition) is 1. The minimum Gasteiger partial charge on any atom is -0.497 e. The number of amides is 1. The largest absolute Gasteiger partial charge is 0.497 e. The van der Waals surface area contributed by atoms with Crippen LogP contribution >= 0.6 is 0 Å². The van der Waals surface area contributed by atoms with Crippen LogP contribution in [-0.4, -0.2) is 48.9 Å². The monoisotopic (exact) mass is 445 g/mol. The normalized spacial score (nSPS) is 13.0. The summed E-state index contributed by atoms with van der Waals surface area (Å²) in [5.41, 5.74) is 5.49. The Hall–Kier alpha value is -3.80. The molecule has 1 atom stereocenters. The molecule has 1 aliphatic carbocycles. The lowest BCUT2D eigenvalue weighted by atomic mass is 9.98. The number of aryl methyl sites for hydroxylation is 1. The molecule has 1 aliphatic rings. The number of carbonyl (C=O) groups excluding carboxylic acids is 1. The molecule has 170 valence electrons. The van der Waals surface area contributed by atoms with Gasteiger partial charge in [-0.1, -0.05) is 60.7 Å². The molecule has 3 aromatic rings. The van der Waals surface area contributed by atoms with E-state index in [9.17, 15) is 14.7 Å². The molecule has 1 unspecified atom stereocenters. The fraction of sp³-hybridized carbons (Fsp3) is 0.259. The average Bonchev–Trinajstić information content (AvgIpc) is 3.16. The Morgan fingerprint density at radius 2 is 1.52 bits per heavy atom. The molecule has 0 fully saturated rings. The van der Waals surface area contributed by atoms with Crippen LogP contribution in [0.15, 0.2) is 72.8 Å². The molecule has 4 rings (SSSR count). The van der Waals surface area contributed by atoms with Gasteiger partial charge in [0.1, 0.15) is 18.4 Å². The number of ether oxygens (including phenoxy) is 2. The van der Waals surface area contributed by atoms with Crippen LogP contribution in [0, 0.1) is 0 Å². The molecule has 1 amide bonds. The highest BCUT2D eigenvalue weighted by Crippen LogP contribution is 2.44. The minimum atomic E-state index is -1.06.